The Morgan fingerprint density at radius 2 is 1.87 bits per heavy atom. The predicted molar refractivity (Wildman–Crippen MR) is 62.2 cm³/mol. The van der Waals surface area contributed by atoms with E-state index in [0.29, 0.717) is 19.4 Å². The molecule has 0 aromatic carbocycles. The summed E-state index contributed by atoms with van der Waals surface area (Å²) in [5, 5.41) is 9.25. The van der Waals surface area contributed by atoms with Gasteiger partial charge in [0.25, 0.3) is 0 Å². The minimum absolute atomic E-state index is 0.113. The van der Waals surface area contributed by atoms with Crippen molar-refractivity contribution in [3.05, 3.63) is 0 Å². The summed E-state index contributed by atoms with van der Waals surface area (Å²) < 4.78 is 25.5. The van der Waals surface area contributed by atoms with Crippen LogP contribution < -0.4 is 4.72 Å². The fourth-order valence-electron chi connectivity index (χ4n) is 1.21. The molecule has 0 amide bonds. The highest BCUT2D eigenvalue weighted by Gasteiger charge is 2.20. The molecule has 0 aromatic heterocycles. The first kappa shape index (κ1) is 14.9. The Kier molecular flexibility index (Phi) is 5.77. The maximum Gasteiger partial charge on any atom is 0.212 e. The van der Waals surface area contributed by atoms with Crippen molar-refractivity contribution in [3.8, 4) is 0 Å². The fraction of sp³-hybridized carbons (Fsp3) is 1.00. The van der Waals surface area contributed by atoms with Crippen LogP contribution in [0.3, 0.4) is 0 Å². The Morgan fingerprint density at radius 1 is 1.33 bits per heavy atom. The van der Waals surface area contributed by atoms with E-state index in [4.69, 9.17) is 0 Å². The van der Waals surface area contributed by atoms with E-state index in [1.807, 2.05) is 27.7 Å². The van der Waals surface area contributed by atoms with Gasteiger partial charge in [-0.2, -0.15) is 0 Å². The molecule has 0 saturated carbocycles. The quantitative estimate of drug-likeness (QED) is 0.727. The van der Waals surface area contributed by atoms with Crippen LogP contribution in [-0.4, -0.2) is 31.9 Å². The van der Waals surface area contributed by atoms with Crippen LogP contribution in [0.1, 0.15) is 40.5 Å². The molecule has 92 valence electrons. The van der Waals surface area contributed by atoms with Crippen LogP contribution in [0.25, 0.3) is 0 Å². The Balaban J connectivity index is 3.96. The highest BCUT2D eigenvalue weighted by atomic mass is 32.2. The van der Waals surface area contributed by atoms with E-state index in [1.54, 1.807) is 0 Å². The van der Waals surface area contributed by atoms with E-state index in [1.165, 1.54) is 0 Å². The Labute approximate surface area is 93.1 Å². The van der Waals surface area contributed by atoms with Crippen molar-refractivity contribution in [1.82, 2.24) is 4.72 Å². The molecule has 0 aliphatic heterocycles. The van der Waals surface area contributed by atoms with Crippen molar-refractivity contribution in [2.75, 3.05) is 12.3 Å². The Bertz CT molecular complexity index is 267. The standard InChI is InChI=1S/C10H23NO3S/c1-5-9(12)6-7-11-15(13,14)8-10(2,3)4/h9,11-12H,5-8H2,1-4H3. The van der Waals surface area contributed by atoms with Crippen LogP contribution >= 0.6 is 0 Å². The van der Waals surface area contributed by atoms with Gasteiger partial charge in [-0.05, 0) is 18.3 Å². The van der Waals surface area contributed by atoms with Gasteiger partial charge >= 0.3 is 0 Å². The van der Waals surface area contributed by atoms with Crippen LogP contribution in [0.2, 0.25) is 0 Å². The van der Waals surface area contributed by atoms with E-state index < -0.39 is 16.1 Å². The zero-order chi connectivity index (χ0) is 12.1. The van der Waals surface area contributed by atoms with Crippen LogP contribution in [-0.2, 0) is 10.0 Å². The van der Waals surface area contributed by atoms with Gasteiger partial charge in [-0.3, -0.25) is 0 Å². The normalized spacial score (nSPS) is 15.3. The maximum atomic E-state index is 11.5. The molecule has 0 fully saturated rings. The lowest BCUT2D eigenvalue weighted by atomic mass is 10.0. The van der Waals surface area contributed by atoms with Crippen LogP contribution in [0.5, 0.6) is 0 Å². The van der Waals surface area contributed by atoms with E-state index in [-0.39, 0.29) is 11.2 Å². The first-order chi connectivity index (χ1) is 6.66. The fourth-order valence-corrected chi connectivity index (χ4v) is 2.88. The minimum Gasteiger partial charge on any atom is -0.393 e. The molecular weight excluding hydrogens is 214 g/mol. The molecule has 15 heavy (non-hydrogen) atoms. The van der Waals surface area contributed by atoms with Gasteiger partial charge in [0.05, 0.1) is 11.9 Å². The van der Waals surface area contributed by atoms with Gasteiger partial charge in [0.2, 0.25) is 10.0 Å². The molecule has 1 unspecified atom stereocenters. The third kappa shape index (κ3) is 8.84. The van der Waals surface area contributed by atoms with Crippen molar-refractivity contribution in [2.24, 2.45) is 5.41 Å². The largest absolute Gasteiger partial charge is 0.393 e. The second kappa shape index (κ2) is 5.82. The highest BCUT2D eigenvalue weighted by molar-refractivity contribution is 7.89. The molecule has 0 rings (SSSR count). The maximum absolute atomic E-state index is 11.5. The molecule has 0 radical (unpaired) electrons. The summed E-state index contributed by atoms with van der Waals surface area (Å²) in [4.78, 5) is 0. The zero-order valence-electron chi connectivity index (χ0n) is 10.1. The number of aliphatic hydroxyl groups excluding tert-OH is 1. The summed E-state index contributed by atoms with van der Waals surface area (Å²) in [7, 11) is -3.20. The third-order valence-electron chi connectivity index (χ3n) is 1.89. The number of nitrogens with one attached hydrogen (secondary N) is 1. The molecule has 5 heteroatoms. The van der Waals surface area contributed by atoms with E-state index in [2.05, 4.69) is 4.72 Å². The topological polar surface area (TPSA) is 66.4 Å². The Hall–Kier alpha value is -0.130. The summed E-state index contributed by atoms with van der Waals surface area (Å²) in [5.41, 5.74) is -0.241. The molecular formula is C10H23NO3S. The van der Waals surface area contributed by atoms with Crippen LogP contribution in [0.4, 0.5) is 0 Å². The minimum atomic E-state index is -3.20. The Morgan fingerprint density at radius 3 is 2.27 bits per heavy atom. The van der Waals surface area contributed by atoms with Gasteiger partial charge in [-0.1, -0.05) is 27.7 Å². The van der Waals surface area contributed by atoms with Crippen LogP contribution in [0, 0.1) is 5.41 Å². The van der Waals surface area contributed by atoms with Gasteiger partial charge in [0.15, 0.2) is 0 Å². The summed E-state index contributed by atoms with van der Waals surface area (Å²) in [6.07, 6.45) is 0.711. The number of rotatable bonds is 6. The molecule has 1 atom stereocenters. The average Bonchev–Trinajstić information content (AvgIpc) is 1.98. The highest BCUT2D eigenvalue weighted by Crippen LogP contribution is 2.15. The zero-order valence-corrected chi connectivity index (χ0v) is 10.9. The molecule has 0 aliphatic carbocycles. The van der Waals surface area contributed by atoms with E-state index in [0.717, 1.165) is 0 Å². The van der Waals surface area contributed by atoms with Gasteiger partial charge in [0, 0.05) is 6.54 Å². The van der Waals surface area contributed by atoms with Crippen LogP contribution in [0.15, 0.2) is 0 Å². The van der Waals surface area contributed by atoms with Gasteiger partial charge in [-0.15, -0.1) is 0 Å². The van der Waals surface area contributed by atoms with Crippen molar-refractivity contribution < 1.29 is 13.5 Å². The molecule has 0 heterocycles. The predicted octanol–water partition coefficient (Wildman–Crippen LogP) is 1.11. The second-order valence-corrected chi connectivity index (χ2v) is 6.87. The first-order valence-electron chi connectivity index (χ1n) is 5.32. The summed E-state index contributed by atoms with van der Waals surface area (Å²) in [6.45, 7) is 7.83. The lowest BCUT2D eigenvalue weighted by Gasteiger charge is -2.18. The second-order valence-electron chi connectivity index (χ2n) is 5.06. The average molecular weight is 237 g/mol. The monoisotopic (exact) mass is 237 g/mol. The summed E-state index contributed by atoms with van der Waals surface area (Å²) >= 11 is 0. The molecule has 0 aromatic rings. The van der Waals surface area contributed by atoms with Gasteiger partial charge in [-0.25, -0.2) is 13.1 Å². The van der Waals surface area contributed by atoms with Gasteiger partial charge in [0.1, 0.15) is 0 Å². The van der Waals surface area contributed by atoms with E-state index >= 15 is 0 Å². The summed E-state index contributed by atoms with van der Waals surface area (Å²) in [6, 6.07) is 0. The molecule has 0 bridgehead atoms. The van der Waals surface area contributed by atoms with Crippen molar-refractivity contribution >= 4 is 10.0 Å². The van der Waals surface area contributed by atoms with Crippen molar-refractivity contribution in [1.29, 1.82) is 0 Å². The third-order valence-corrected chi connectivity index (χ3v) is 3.78. The lowest BCUT2D eigenvalue weighted by Crippen LogP contribution is -2.34. The summed E-state index contributed by atoms with van der Waals surface area (Å²) in [5.74, 6) is 0.113. The molecule has 0 saturated heterocycles. The number of hydrogen-bond acceptors (Lipinski definition) is 3. The first-order valence-corrected chi connectivity index (χ1v) is 6.97. The van der Waals surface area contributed by atoms with E-state index in [9.17, 15) is 13.5 Å². The molecule has 2 N–H and O–H groups in total. The smallest absolute Gasteiger partial charge is 0.212 e. The molecule has 0 aliphatic rings. The SMILES string of the molecule is CCC(O)CCNS(=O)(=O)CC(C)(C)C. The van der Waals surface area contributed by atoms with Crippen molar-refractivity contribution in [3.63, 3.8) is 0 Å². The molecule has 0 spiro atoms. The lowest BCUT2D eigenvalue weighted by molar-refractivity contribution is 0.162. The van der Waals surface area contributed by atoms with Crippen molar-refractivity contribution in [2.45, 2.75) is 46.6 Å². The number of aliphatic hydroxyl groups is 1. The number of sulfonamides is 1. The molecule has 4 nitrogen and oxygen atoms in total. The van der Waals surface area contributed by atoms with Gasteiger partial charge < -0.3 is 5.11 Å². The number of hydrogen-bond donors (Lipinski definition) is 2.